The Morgan fingerprint density at radius 3 is 2.77 bits per heavy atom. The standard InChI is InChI=1S/C8H11BrN2O2/c1-5-7(9)8(10-11(5)2)6(13)3-4-12/h4,6,13H,3H2,1-2H3/t6-/m1/s1. The summed E-state index contributed by atoms with van der Waals surface area (Å²) < 4.78 is 2.43. The smallest absolute Gasteiger partial charge is 0.122 e. The van der Waals surface area contributed by atoms with Crippen LogP contribution in [0.1, 0.15) is 23.9 Å². The van der Waals surface area contributed by atoms with Gasteiger partial charge in [0.05, 0.1) is 4.47 Å². The van der Waals surface area contributed by atoms with Gasteiger partial charge in [-0.25, -0.2) is 0 Å². The molecule has 4 nitrogen and oxygen atoms in total. The third-order valence-corrected chi connectivity index (χ3v) is 2.90. The lowest BCUT2D eigenvalue weighted by Crippen LogP contribution is -2.00. The van der Waals surface area contributed by atoms with Crippen molar-refractivity contribution in [2.24, 2.45) is 7.05 Å². The summed E-state index contributed by atoms with van der Waals surface area (Å²) in [5.41, 5.74) is 1.45. The number of aliphatic hydroxyl groups is 1. The van der Waals surface area contributed by atoms with Gasteiger partial charge in [0.15, 0.2) is 0 Å². The fraction of sp³-hybridized carbons (Fsp3) is 0.500. The van der Waals surface area contributed by atoms with Gasteiger partial charge in [-0.15, -0.1) is 0 Å². The maximum Gasteiger partial charge on any atom is 0.122 e. The Hall–Kier alpha value is -0.680. The Balaban J connectivity index is 3.00. The monoisotopic (exact) mass is 246 g/mol. The summed E-state index contributed by atoms with van der Waals surface area (Å²) in [6.45, 7) is 1.88. The van der Waals surface area contributed by atoms with Crippen molar-refractivity contribution in [2.75, 3.05) is 0 Å². The summed E-state index contributed by atoms with van der Waals surface area (Å²) in [6, 6.07) is 0. The van der Waals surface area contributed by atoms with E-state index in [4.69, 9.17) is 0 Å². The first kappa shape index (κ1) is 10.4. The molecule has 1 aromatic rings. The number of hydrogen-bond acceptors (Lipinski definition) is 3. The minimum atomic E-state index is -0.813. The van der Waals surface area contributed by atoms with Gasteiger partial charge >= 0.3 is 0 Å². The zero-order valence-electron chi connectivity index (χ0n) is 7.49. The van der Waals surface area contributed by atoms with Gasteiger partial charge in [-0.2, -0.15) is 5.10 Å². The molecule has 1 aromatic heterocycles. The van der Waals surface area contributed by atoms with Gasteiger partial charge < -0.3 is 9.90 Å². The van der Waals surface area contributed by atoms with Crippen LogP contribution in [0, 0.1) is 6.92 Å². The van der Waals surface area contributed by atoms with Crippen molar-refractivity contribution >= 4 is 22.2 Å². The van der Waals surface area contributed by atoms with Gasteiger partial charge in [0.25, 0.3) is 0 Å². The first-order valence-electron chi connectivity index (χ1n) is 3.88. The van der Waals surface area contributed by atoms with Crippen molar-refractivity contribution < 1.29 is 9.90 Å². The molecular weight excluding hydrogens is 236 g/mol. The minimum Gasteiger partial charge on any atom is -0.386 e. The van der Waals surface area contributed by atoms with E-state index in [1.54, 1.807) is 11.7 Å². The second kappa shape index (κ2) is 4.02. The minimum absolute atomic E-state index is 0.0784. The fourth-order valence-corrected chi connectivity index (χ4v) is 1.62. The highest BCUT2D eigenvalue weighted by Gasteiger charge is 2.17. The number of nitrogens with zero attached hydrogens (tertiary/aromatic N) is 2. The van der Waals surface area contributed by atoms with Crippen LogP contribution in [-0.4, -0.2) is 21.2 Å². The van der Waals surface area contributed by atoms with E-state index in [-0.39, 0.29) is 6.42 Å². The molecular formula is C8H11BrN2O2. The number of aldehydes is 1. The average molecular weight is 247 g/mol. The zero-order valence-corrected chi connectivity index (χ0v) is 9.08. The molecule has 0 saturated carbocycles. The highest BCUT2D eigenvalue weighted by atomic mass is 79.9. The van der Waals surface area contributed by atoms with E-state index in [0.29, 0.717) is 12.0 Å². The quantitative estimate of drug-likeness (QED) is 0.814. The predicted octanol–water partition coefficient (Wildman–Crippen LogP) is 1.11. The van der Waals surface area contributed by atoms with Crippen LogP contribution in [0.25, 0.3) is 0 Å². The van der Waals surface area contributed by atoms with Crippen LogP contribution in [0.3, 0.4) is 0 Å². The molecule has 0 bridgehead atoms. The Morgan fingerprint density at radius 2 is 2.38 bits per heavy atom. The Bertz CT molecular complexity index is 322. The molecule has 0 aliphatic heterocycles. The largest absolute Gasteiger partial charge is 0.386 e. The van der Waals surface area contributed by atoms with Crippen LogP contribution >= 0.6 is 15.9 Å². The highest BCUT2D eigenvalue weighted by Crippen LogP contribution is 2.26. The van der Waals surface area contributed by atoms with Crippen molar-refractivity contribution in [1.29, 1.82) is 0 Å². The van der Waals surface area contributed by atoms with E-state index in [9.17, 15) is 9.90 Å². The maximum atomic E-state index is 10.2. The summed E-state index contributed by atoms with van der Waals surface area (Å²) in [4.78, 5) is 10.2. The van der Waals surface area contributed by atoms with Gasteiger partial charge in [0, 0.05) is 19.2 Å². The molecule has 0 aromatic carbocycles. The van der Waals surface area contributed by atoms with Crippen molar-refractivity contribution in [1.82, 2.24) is 9.78 Å². The molecule has 0 spiro atoms. The SMILES string of the molecule is Cc1c(Br)c([C@H](O)CC=O)nn1C. The molecule has 1 N–H and O–H groups in total. The molecule has 0 amide bonds. The molecule has 0 aliphatic rings. The normalized spacial score (nSPS) is 12.9. The number of rotatable bonds is 3. The van der Waals surface area contributed by atoms with Crippen LogP contribution in [0.15, 0.2) is 4.47 Å². The van der Waals surface area contributed by atoms with Crippen molar-refractivity contribution in [3.63, 3.8) is 0 Å². The molecule has 72 valence electrons. The van der Waals surface area contributed by atoms with Gasteiger partial charge in [-0.05, 0) is 22.9 Å². The summed E-state index contributed by atoms with van der Waals surface area (Å²) in [5, 5.41) is 13.6. The molecule has 13 heavy (non-hydrogen) atoms. The molecule has 1 rings (SSSR count). The van der Waals surface area contributed by atoms with Crippen LogP contribution in [0.4, 0.5) is 0 Å². The average Bonchev–Trinajstić information content (AvgIpc) is 2.33. The first-order valence-corrected chi connectivity index (χ1v) is 4.68. The number of aryl methyl sites for hydroxylation is 1. The van der Waals surface area contributed by atoms with Gasteiger partial charge in [0.2, 0.25) is 0 Å². The lowest BCUT2D eigenvalue weighted by molar-refractivity contribution is -0.109. The topological polar surface area (TPSA) is 55.1 Å². The molecule has 1 atom stereocenters. The zero-order chi connectivity index (χ0) is 10.0. The van der Waals surface area contributed by atoms with Crippen molar-refractivity contribution in [3.8, 4) is 0 Å². The second-order valence-electron chi connectivity index (χ2n) is 2.83. The lowest BCUT2D eigenvalue weighted by Gasteiger charge is -2.02. The van der Waals surface area contributed by atoms with E-state index in [1.807, 2.05) is 6.92 Å². The molecule has 0 unspecified atom stereocenters. The van der Waals surface area contributed by atoms with E-state index in [0.717, 1.165) is 10.2 Å². The maximum absolute atomic E-state index is 10.2. The summed E-state index contributed by atoms with van der Waals surface area (Å²) in [5.74, 6) is 0. The molecule has 0 fully saturated rings. The van der Waals surface area contributed by atoms with Crippen molar-refractivity contribution in [3.05, 3.63) is 15.9 Å². The third-order valence-electron chi connectivity index (χ3n) is 1.92. The van der Waals surface area contributed by atoms with Crippen LogP contribution in [0.2, 0.25) is 0 Å². The number of hydrogen-bond donors (Lipinski definition) is 1. The van der Waals surface area contributed by atoms with Crippen LogP contribution in [0.5, 0.6) is 0 Å². The summed E-state index contributed by atoms with van der Waals surface area (Å²) >= 11 is 3.31. The number of halogens is 1. The Kier molecular flexibility index (Phi) is 3.22. The molecule has 5 heteroatoms. The first-order chi connectivity index (χ1) is 6.07. The van der Waals surface area contributed by atoms with Gasteiger partial charge in [-0.1, -0.05) is 0 Å². The van der Waals surface area contributed by atoms with Crippen LogP contribution < -0.4 is 0 Å². The third kappa shape index (κ3) is 1.97. The van der Waals surface area contributed by atoms with Gasteiger partial charge in [-0.3, -0.25) is 4.68 Å². The Labute approximate surface area is 84.7 Å². The predicted molar refractivity (Wildman–Crippen MR) is 51.3 cm³/mol. The van der Waals surface area contributed by atoms with Crippen LogP contribution in [-0.2, 0) is 11.8 Å². The number of carbonyl (C=O) groups is 1. The summed E-state index contributed by atoms with van der Waals surface area (Å²) in [7, 11) is 1.79. The van der Waals surface area contributed by atoms with Crippen molar-refractivity contribution in [2.45, 2.75) is 19.4 Å². The van der Waals surface area contributed by atoms with E-state index < -0.39 is 6.10 Å². The van der Waals surface area contributed by atoms with Gasteiger partial charge in [0.1, 0.15) is 18.1 Å². The summed E-state index contributed by atoms with van der Waals surface area (Å²) in [6.07, 6.45) is -0.0531. The van der Waals surface area contributed by atoms with E-state index in [1.165, 1.54) is 0 Å². The number of aromatic nitrogens is 2. The lowest BCUT2D eigenvalue weighted by atomic mass is 10.2. The Morgan fingerprint density at radius 1 is 1.77 bits per heavy atom. The van der Waals surface area contributed by atoms with E-state index in [2.05, 4.69) is 21.0 Å². The fourth-order valence-electron chi connectivity index (χ4n) is 1.02. The molecule has 1 heterocycles. The van der Waals surface area contributed by atoms with E-state index >= 15 is 0 Å². The molecule has 0 radical (unpaired) electrons. The number of aliphatic hydroxyl groups excluding tert-OH is 1. The second-order valence-corrected chi connectivity index (χ2v) is 3.62. The molecule has 0 saturated heterocycles. The molecule has 0 aliphatic carbocycles. The number of carbonyl (C=O) groups excluding carboxylic acids is 1. The highest BCUT2D eigenvalue weighted by molar-refractivity contribution is 9.10.